The fourth-order valence-corrected chi connectivity index (χ4v) is 4.05. The number of fused-ring (bicyclic) bond motifs is 1. The second-order valence-electron chi connectivity index (χ2n) is 8.20. The second kappa shape index (κ2) is 9.13. The Kier molecular flexibility index (Phi) is 5.73. The molecule has 0 aliphatic rings. The van der Waals surface area contributed by atoms with Gasteiger partial charge in [0.05, 0.1) is 11.4 Å². The zero-order valence-electron chi connectivity index (χ0n) is 18.5. The number of nitrogens with zero attached hydrogens (tertiary/aromatic N) is 2. The minimum Gasteiger partial charge on any atom is -0.326 e. The van der Waals surface area contributed by atoms with E-state index >= 15 is 0 Å². The molecule has 0 unspecified atom stereocenters. The highest BCUT2D eigenvalue weighted by Gasteiger charge is 2.16. The van der Waals surface area contributed by atoms with Gasteiger partial charge in [-0.25, -0.2) is 4.98 Å². The molecule has 5 rings (SSSR count). The lowest BCUT2D eigenvalue weighted by Crippen LogP contribution is -2.13. The summed E-state index contributed by atoms with van der Waals surface area (Å²) < 4.78 is 2.13. The predicted molar refractivity (Wildman–Crippen MR) is 134 cm³/mol. The second-order valence-corrected chi connectivity index (χ2v) is 8.20. The summed E-state index contributed by atoms with van der Waals surface area (Å²) >= 11 is 0. The zero-order valence-corrected chi connectivity index (χ0v) is 18.5. The molecule has 0 fully saturated rings. The van der Waals surface area contributed by atoms with E-state index in [1.54, 1.807) is 0 Å². The van der Waals surface area contributed by atoms with Crippen molar-refractivity contribution in [2.75, 3.05) is 5.32 Å². The van der Waals surface area contributed by atoms with Crippen LogP contribution in [0.2, 0.25) is 0 Å². The molecule has 0 aliphatic heterocycles. The molecule has 3 aromatic carbocycles. The van der Waals surface area contributed by atoms with Gasteiger partial charge in [0.15, 0.2) is 0 Å². The van der Waals surface area contributed by atoms with Crippen molar-refractivity contribution in [3.8, 4) is 22.4 Å². The number of carbonyl (C=O) groups excluding carboxylic acids is 1. The lowest BCUT2D eigenvalue weighted by Gasteiger charge is -2.09. The van der Waals surface area contributed by atoms with Crippen molar-refractivity contribution < 1.29 is 4.79 Å². The number of amides is 1. The number of para-hydroxylation sites is 1. The molecule has 33 heavy (non-hydrogen) atoms. The van der Waals surface area contributed by atoms with E-state index < -0.39 is 0 Å². The van der Waals surface area contributed by atoms with E-state index in [0.29, 0.717) is 12.8 Å². The highest BCUT2D eigenvalue weighted by molar-refractivity contribution is 5.91. The number of nitrogens with one attached hydrogen (secondary N) is 1. The van der Waals surface area contributed by atoms with Gasteiger partial charge in [-0.2, -0.15) is 0 Å². The van der Waals surface area contributed by atoms with Crippen LogP contribution in [0.4, 0.5) is 5.69 Å². The first-order valence-electron chi connectivity index (χ1n) is 11.2. The molecule has 0 atom stereocenters. The maximum absolute atomic E-state index is 12.7. The smallest absolute Gasteiger partial charge is 0.224 e. The van der Waals surface area contributed by atoms with Gasteiger partial charge in [-0.3, -0.25) is 4.79 Å². The van der Waals surface area contributed by atoms with Gasteiger partial charge in [0.2, 0.25) is 5.91 Å². The number of imidazole rings is 1. The molecule has 5 aromatic rings. The standard InChI is InChI=1S/C29H25N3O/c1-21-12-14-23(15-13-21)29-26(17-19-28(33)30-25-10-6-3-7-11-25)32-20-24(16-18-27(32)31-29)22-8-4-2-5-9-22/h2-16,18,20H,17,19H2,1H3,(H,30,33). The number of aromatic nitrogens is 2. The minimum atomic E-state index is -0.00906. The van der Waals surface area contributed by atoms with Crippen LogP contribution in [0.3, 0.4) is 0 Å². The van der Waals surface area contributed by atoms with E-state index in [0.717, 1.165) is 39.4 Å². The van der Waals surface area contributed by atoms with Gasteiger partial charge in [0.1, 0.15) is 5.65 Å². The van der Waals surface area contributed by atoms with Crippen LogP contribution in [0.15, 0.2) is 103 Å². The molecule has 1 amide bonds. The average Bonchev–Trinajstić information content (AvgIpc) is 3.22. The van der Waals surface area contributed by atoms with Crippen LogP contribution in [0, 0.1) is 6.92 Å². The maximum Gasteiger partial charge on any atom is 0.224 e. The number of aryl methyl sites for hydroxylation is 2. The van der Waals surface area contributed by atoms with Crippen LogP contribution >= 0.6 is 0 Å². The fraction of sp³-hybridized carbons (Fsp3) is 0.103. The van der Waals surface area contributed by atoms with E-state index in [1.807, 2.05) is 54.6 Å². The molecule has 0 spiro atoms. The largest absolute Gasteiger partial charge is 0.326 e. The third-order valence-electron chi connectivity index (χ3n) is 5.80. The van der Waals surface area contributed by atoms with Gasteiger partial charge >= 0.3 is 0 Å². The summed E-state index contributed by atoms with van der Waals surface area (Å²) in [6.45, 7) is 2.08. The summed E-state index contributed by atoms with van der Waals surface area (Å²) in [6.07, 6.45) is 3.08. The SMILES string of the molecule is Cc1ccc(-c2nc3ccc(-c4ccccc4)cn3c2CCC(=O)Nc2ccccc2)cc1. The van der Waals surface area contributed by atoms with E-state index in [4.69, 9.17) is 4.98 Å². The third kappa shape index (κ3) is 4.55. The summed E-state index contributed by atoms with van der Waals surface area (Å²) in [5, 5.41) is 2.99. The van der Waals surface area contributed by atoms with Gasteiger partial charge in [0.25, 0.3) is 0 Å². The van der Waals surface area contributed by atoms with Crippen LogP contribution in [0.5, 0.6) is 0 Å². The molecule has 2 aromatic heterocycles. The summed E-state index contributed by atoms with van der Waals surface area (Å²) in [4.78, 5) is 17.6. The van der Waals surface area contributed by atoms with Crippen molar-refractivity contribution >= 4 is 17.2 Å². The van der Waals surface area contributed by atoms with E-state index in [9.17, 15) is 4.79 Å². The molecule has 1 N–H and O–H groups in total. The molecular weight excluding hydrogens is 406 g/mol. The molecular formula is C29H25N3O. The highest BCUT2D eigenvalue weighted by atomic mass is 16.1. The summed E-state index contributed by atoms with van der Waals surface area (Å²) in [7, 11) is 0. The molecule has 0 radical (unpaired) electrons. The van der Waals surface area contributed by atoms with Crippen molar-refractivity contribution in [1.29, 1.82) is 0 Å². The van der Waals surface area contributed by atoms with E-state index in [-0.39, 0.29) is 5.91 Å². The van der Waals surface area contributed by atoms with Gasteiger partial charge in [-0.15, -0.1) is 0 Å². The summed E-state index contributed by atoms with van der Waals surface area (Å²) in [6, 6.07) is 32.4. The molecule has 162 valence electrons. The third-order valence-corrected chi connectivity index (χ3v) is 5.80. The first kappa shape index (κ1) is 20.7. The minimum absolute atomic E-state index is 0.00906. The zero-order chi connectivity index (χ0) is 22.6. The molecule has 2 heterocycles. The maximum atomic E-state index is 12.7. The first-order chi connectivity index (χ1) is 16.2. The van der Waals surface area contributed by atoms with Crippen LogP contribution in [-0.2, 0) is 11.2 Å². The fourth-order valence-electron chi connectivity index (χ4n) is 4.05. The molecule has 0 aliphatic carbocycles. The van der Waals surface area contributed by atoms with Crippen molar-refractivity contribution in [2.24, 2.45) is 0 Å². The average molecular weight is 432 g/mol. The number of hydrogen-bond acceptors (Lipinski definition) is 2. The van der Waals surface area contributed by atoms with Crippen molar-refractivity contribution in [3.63, 3.8) is 0 Å². The number of rotatable bonds is 6. The Balaban J connectivity index is 1.52. The summed E-state index contributed by atoms with van der Waals surface area (Å²) in [5.41, 5.74) is 8.18. The Labute approximate surface area is 193 Å². The number of benzene rings is 3. The number of hydrogen-bond donors (Lipinski definition) is 1. The predicted octanol–water partition coefficient (Wildman–Crippen LogP) is 6.55. The normalized spacial score (nSPS) is 10.9. The lowest BCUT2D eigenvalue weighted by molar-refractivity contribution is -0.116. The van der Waals surface area contributed by atoms with Crippen molar-refractivity contribution in [3.05, 3.63) is 115 Å². The molecule has 0 bridgehead atoms. The lowest BCUT2D eigenvalue weighted by atomic mass is 10.1. The Morgan fingerprint density at radius 2 is 1.45 bits per heavy atom. The summed E-state index contributed by atoms with van der Waals surface area (Å²) in [5.74, 6) is -0.00906. The van der Waals surface area contributed by atoms with Crippen molar-refractivity contribution in [1.82, 2.24) is 9.38 Å². The molecule has 4 heteroatoms. The number of carbonyl (C=O) groups is 1. The quantitative estimate of drug-likeness (QED) is 0.331. The van der Waals surface area contributed by atoms with Crippen LogP contribution < -0.4 is 5.32 Å². The van der Waals surface area contributed by atoms with Gasteiger partial charge < -0.3 is 9.72 Å². The van der Waals surface area contributed by atoms with Crippen LogP contribution in [0.25, 0.3) is 28.0 Å². The van der Waals surface area contributed by atoms with Crippen LogP contribution in [-0.4, -0.2) is 15.3 Å². The molecule has 4 nitrogen and oxygen atoms in total. The number of anilines is 1. The Morgan fingerprint density at radius 3 is 2.18 bits per heavy atom. The monoisotopic (exact) mass is 431 g/mol. The van der Waals surface area contributed by atoms with E-state index in [2.05, 4.69) is 65.3 Å². The Hall–Kier alpha value is -4.18. The first-order valence-corrected chi connectivity index (χ1v) is 11.2. The molecule has 0 saturated carbocycles. The molecule has 0 saturated heterocycles. The Bertz CT molecular complexity index is 1390. The van der Waals surface area contributed by atoms with Crippen molar-refractivity contribution in [2.45, 2.75) is 19.8 Å². The number of pyridine rings is 1. The van der Waals surface area contributed by atoms with E-state index in [1.165, 1.54) is 5.56 Å². The van der Waals surface area contributed by atoms with Gasteiger partial charge in [-0.05, 0) is 48.7 Å². The van der Waals surface area contributed by atoms with Gasteiger partial charge in [0, 0.05) is 23.9 Å². The van der Waals surface area contributed by atoms with Crippen LogP contribution in [0.1, 0.15) is 17.7 Å². The van der Waals surface area contributed by atoms with Gasteiger partial charge in [-0.1, -0.05) is 78.4 Å². The topological polar surface area (TPSA) is 46.4 Å². The highest BCUT2D eigenvalue weighted by Crippen LogP contribution is 2.28. The Morgan fingerprint density at radius 1 is 0.788 bits per heavy atom.